The topological polar surface area (TPSA) is 63.3 Å². The van der Waals surface area contributed by atoms with Crippen molar-refractivity contribution in [3.05, 3.63) is 0 Å². The molecule has 3 atom stereocenters. The maximum Gasteiger partial charge on any atom is 0.306 e. The third kappa shape index (κ3) is 4.61. The van der Waals surface area contributed by atoms with Crippen LogP contribution in [0.2, 0.25) is 0 Å². The van der Waals surface area contributed by atoms with Gasteiger partial charge in [0.15, 0.2) is 0 Å². The van der Waals surface area contributed by atoms with E-state index in [-0.39, 0.29) is 12.0 Å². The minimum atomic E-state index is -0.663. The Hall–Kier alpha value is -0.570. The van der Waals surface area contributed by atoms with Gasteiger partial charge in [0.25, 0.3) is 0 Å². The lowest BCUT2D eigenvalue weighted by Gasteiger charge is -2.29. The molecule has 14 heavy (non-hydrogen) atoms. The van der Waals surface area contributed by atoms with Crippen molar-refractivity contribution in [3.8, 4) is 0 Å². The van der Waals surface area contributed by atoms with E-state index in [4.69, 9.17) is 10.8 Å². The molecule has 1 rings (SSSR count). The second-order valence-corrected chi connectivity index (χ2v) is 4.20. The molecule has 0 saturated heterocycles. The van der Waals surface area contributed by atoms with Crippen LogP contribution in [0.1, 0.15) is 46.5 Å². The van der Waals surface area contributed by atoms with Gasteiger partial charge in [0.05, 0.1) is 5.92 Å². The number of hydrogen-bond donors (Lipinski definition) is 2. The fourth-order valence-corrected chi connectivity index (χ4v) is 1.64. The summed E-state index contributed by atoms with van der Waals surface area (Å²) >= 11 is 0. The standard InChI is InChI=1S/C8H15NO2.C3H8/c1-5-4-6(8(10)11)2-3-7(5)9;1-3-2/h5-7H,2-4,9H2,1H3,(H,10,11);3H2,1-2H3. The summed E-state index contributed by atoms with van der Waals surface area (Å²) in [5.74, 6) is -0.446. The molecule has 0 bridgehead atoms. The number of carboxylic acid groups (broad SMARTS) is 1. The van der Waals surface area contributed by atoms with E-state index in [2.05, 4.69) is 13.8 Å². The van der Waals surface area contributed by atoms with Crippen molar-refractivity contribution in [1.82, 2.24) is 0 Å². The molecule has 3 N–H and O–H groups in total. The van der Waals surface area contributed by atoms with Crippen molar-refractivity contribution in [3.63, 3.8) is 0 Å². The summed E-state index contributed by atoms with van der Waals surface area (Å²) in [4.78, 5) is 10.6. The Labute approximate surface area is 86.7 Å². The molecule has 1 fully saturated rings. The number of aliphatic carboxylic acids is 1. The van der Waals surface area contributed by atoms with Gasteiger partial charge < -0.3 is 10.8 Å². The number of nitrogens with two attached hydrogens (primary N) is 1. The van der Waals surface area contributed by atoms with Crippen molar-refractivity contribution >= 4 is 5.97 Å². The molecule has 1 saturated carbocycles. The highest BCUT2D eigenvalue weighted by Crippen LogP contribution is 2.27. The zero-order valence-electron chi connectivity index (χ0n) is 9.49. The van der Waals surface area contributed by atoms with Gasteiger partial charge in [0, 0.05) is 6.04 Å². The van der Waals surface area contributed by atoms with Crippen LogP contribution in [0.3, 0.4) is 0 Å². The molecule has 3 heteroatoms. The van der Waals surface area contributed by atoms with Crippen LogP contribution in [-0.4, -0.2) is 17.1 Å². The minimum Gasteiger partial charge on any atom is -0.481 e. The molecule has 0 spiro atoms. The molecular weight excluding hydrogens is 178 g/mol. The lowest BCUT2D eigenvalue weighted by atomic mass is 9.79. The van der Waals surface area contributed by atoms with Crippen LogP contribution in [0.15, 0.2) is 0 Å². The molecule has 0 aromatic rings. The van der Waals surface area contributed by atoms with Gasteiger partial charge in [-0.25, -0.2) is 0 Å². The third-order valence-corrected chi connectivity index (χ3v) is 2.58. The molecule has 3 unspecified atom stereocenters. The van der Waals surface area contributed by atoms with Crippen molar-refractivity contribution in [2.24, 2.45) is 17.6 Å². The molecule has 1 aliphatic rings. The Morgan fingerprint density at radius 2 is 1.93 bits per heavy atom. The van der Waals surface area contributed by atoms with Gasteiger partial charge in [-0.15, -0.1) is 0 Å². The van der Waals surface area contributed by atoms with E-state index in [1.165, 1.54) is 6.42 Å². The van der Waals surface area contributed by atoms with Crippen LogP contribution < -0.4 is 5.73 Å². The Balaban J connectivity index is 0.000000500. The van der Waals surface area contributed by atoms with Crippen LogP contribution in [0.5, 0.6) is 0 Å². The molecule has 0 aromatic heterocycles. The lowest BCUT2D eigenvalue weighted by molar-refractivity contribution is -0.143. The molecule has 1 aliphatic carbocycles. The predicted molar refractivity (Wildman–Crippen MR) is 58.1 cm³/mol. The van der Waals surface area contributed by atoms with Crippen LogP contribution >= 0.6 is 0 Å². The highest BCUT2D eigenvalue weighted by molar-refractivity contribution is 5.70. The van der Waals surface area contributed by atoms with Gasteiger partial charge in [-0.2, -0.15) is 0 Å². The fourth-order valence-electron chi connectivity index (χ4n) is 1.64. The SMILES string of the molecule is CC1CC(C(=O)O)CCC1N.CCC. The van der Waals surface area contributed by atoms with Crippen molar-refractivity contribution < 1.29 is 9.90 Å². The Bertz CT molecular complexity index is 171. The van der Waals surface area contributed by atoms with E-state index >= 15 is 0 Å². The van der Waals surface area contributed by atoms with Gasteiger partial charge in [0.1, 0.15) is 0 Å². The first-order valence-electron chi connectivity index (χ1n) is 5.51. The lowest BCUT2D eigenvalue weighted by Crippen LogP contribution is -2.36. The zero-order valence-corrected chi connectivity index (χ0v) is 9.49. The van der Waals surface area contributed by atoms with E-state index in [0.29, 0.717) is 5.92 Å². The van der Waals surface area contributed by atoms with Gasteiger partial charge in [0.2, 0.25) is 0 Å². The number of carbonyl (C=O) groups is 1. The monoisotopic (exact) mass is 201 g/mol. The van der Waals surface area contributed by atoms with E-state index in [9.17, 15) is 4.79 Å². The maximum atomic E-state index is 10.6. The van der Waals surface area contributed by atoms with Crippen molar-refractivity contribution in [2.75, 3.05) is 0 Å². The van der Waals surface area contributed by atoms with Crippen LogP contribution in [0, 0.1) is 11.8 Å². The summed E-state index contributed by atoms with van der Waals surface area (Å²) in [5.41, 5.74) is 5.75. The van der Waals surface area contributed by atoms with Gasteiger partial charge in [-0.3, -0.25) is 4.79 Å². The molecule has 0 amide bonds. The first kappa shape index (κ1) is 13.4. The Kier molecular flexibility index (Phi) is 6.54. The zero-order chi connectivity index (χ0) is 11.1. The Morgan fingerprint density at radius 1 is 1.43 bits per heavy atom. The minimum absolute atomic E-state index is 0.148. The second kappa shape index (κ2) is 6.82. The van der Waals surface area contributed by atoms with Crippen molar-refractivity contribution in [1.29, 1.82) is 0 Å². The quantitative estimate of drug-likeness (QED) is 0.684. The highest BCUT2D eigenvalue weighted by atomic mass is 16.4. The summed E-state index contributed by atoms with van der Waals surface area (Å²) < 4.78 is 0. The van der Waals surface area contributed by atoms with E-state index in [1.54, 1.807) is 0 Å². The van der Waals surface area contributed by atoms with Gasteiger partial charge in [-0.05, 0) is 25.2 Å². The average molecular weight is 201 g/mol. The number of hydrogen-bond acceptors (Lipinski definition) is 2. The summed E-state index contributed by atoms with van der Waals surface area (Å²) in [6, 6.07) is 0.214. The van der Waals surface area contributed by atoms with Crippen LogP contribution in [0.4, 0.5) is 0 Å². The molecule has 3 nitrogen and oxygen atoms in total. The Morgan fingerprint density at radius 3 is 2.29 bits per heavy atom. The third-order valence-electron chi connectivity index (χ3n) is 2.58. The molecular formula is C11H23NO2. The molecule has 0 radical (unpaired) electrons. The number of rotatable bonds is 1. The molecule has 84 valence electrons. The maximum absolute atomic E-state index is 10.6. The highest BCUT2D eigenvalue weighted by Gasteiger charge is 2.28. The molecule has 0 heterocycles. The fraction of sp³-hybridized carbons (Fsp3) is 0.909. The average Bonchev–Trinajstić information content (AvgIpc) is 2.10. The number of carboxylic acids is 1. The summed E-state index contributed by atoms with van der Waals surface area (Å²) in [6.45, 7) is 6.28. The normalized spacial score (nSPS) is 31.6. The summed E-state index contributed by atoms with van der Waals surface area (Å²) in [5, 5.41) is 8.70. The summed E-state index contributed by atoms with van der Waals surface area (Å²) in [7, 11) is 0. The first-order chi connectivity index (χ1) is 6.52. The molecule has 0 aromatic carbocycles. The second-order valence-electron chi connectivity index (χ2n) is 4.20. The van der Waals surface area contributed by atoms with Crippen molar-refractivity contribution in [2.45, 2.75) is 52.5 Å². The largest absolute Gasteiger partial charge is 0.481 e. The van der Waals surface area contributed by atoms with Gasteiger partial charge >= 0.3 is 5.97 Å². The van der Waals surface area contributed by atoms with E-state index < -0.39 is 5.97 Å². The van der Waals surface area contributed by atoms with E-state index in [1.807, 2.05) is 6.92 Å². The predicted octanol–water partition coefficient (Wildman–Crippen LogP) is 2.25. The van der Waals surface area contributed by atoms with Crippen LogP contribution in [-0.2, 0) is 4.79 Å². The van der Waals surface area contributed by atoms with Gasteiger partial charge in [-0.1, -0.05) is 27.2 Å². The first-order valence-corrected chi connectivity index (χ1v) is 5.51. The van der Waals surface area contributed by atoms with E-state index in [0.717, 1.165) is 19.3 Å². The smallest absolute Gasteiger partial charge is 0.306 e. The van der Waals surface area contributed by atoms with Crippen LogP contribution in [0.25, 0.3) is 0 Å². The summed E-state index contributed by atoms with van der Waals surface area (Å²) in [6.07, 6.45) is 3.61. The molecule has 0 aliphatic heterocycles.